The Morgan fingerprint density at radius 1 is 1.42 bits per heavy atom. The first kappa shape index (κ1) is 11.0. The van der Waals surface area contributed by atoms with Gasteiger partial charge in [0.2, 0.25) is 0 Å². The first-order chi connectivity index (χ1) is 5.57. The molecule has 0 aliphatic rings. The van der Waals surface area contributed by atoms with Crippen LogP contribution in [0.5, 0.6) is 0 Å². The first-order valence-electron chi connectivity index (χ1n) is 4.27. The van der Waals surface area contributed by atoms with Gasteiger partial charge in [-0.3, -0.25) is 0 Å². The zero-order chi connectivity index (χ0) is 9.56. The highest BCUT2D eigenvalue weighted by Crippen LogP contribution is 2.01. The lowest BCUT2D eigenvalue weighted by Gasteiger charge is -2.19. The molecule has 0 heterocycles. The summed E-state index contributed by atoms with van der Waals surface area (Å²) in [5.41, 5.74) is 1.24. The fourth-order valence-corrected chi connectivity index (χ4v) is 0.733. The lowest BCUT2D eigenvalue weighted by molar-refractivity contribution is 0.374. The minimum absolute atomic E-state index is 0.553. The Morgan fingerprint density at radius 2 is 2.00 bits per heavy atom. The summed E-state index contributed by atoms with van der Waals surface area (Å²) in [5, 5.41) is 0. The van der Waals surface area contributed by atoms with Crippen LogP contribution in [0.25, 0.3) is 0 Å². The van der Waals surface area contributed by atoms with E-state index in [1.165, 1.54) is 5.57 Å². The zero-order valence-corrected chi connectivity index (χ0v) is 8.54. The fraction of sp³-hybridized carbons (Fsp3) is 0.455. The van der Waals surface area contributed by atoms with Crippen molar-refractivity contribution in [1.29, 1.82) is 0 Å². The highest BCUT2D eigenvalue weighted by Gasteiger charge is 1.95. The quantitative estimate of drug-likeness (QED) is 0.579. The predicted molar refractivity (Wildman–Crippen MR) is 56.0 cm³/mol. The van der Waals surface area contributed by atoms with E-state index >= 15 is 0 Å². The molecular formula is C11H19N. The van der Waals surface area contributed by atoms with Gasteiger partial charge < -0.3 is 4.90 Å². The molecule has 0 fully saturated rings. The van der Waals surface area contributed by atoms with Crippen molar-refractivity contribution in [3.05, 3.63) is 36.6 Å². The number of hydrogen-bond acceptors (Lipinski definition) is 1. The van der Waals surface area contributed by atoms with Crippen molar-refractivity contribution in [3.8, 4) is 0 Å². The number of nitrogens with zero attached hydrogens (tertiary/aromatic N) is 1. The van der Waals surface area contributed by atoms with Crippen molar-refractivity contribution >= 4 is 0 Å². The van der Waals surface area contributed by atoms with E-state index in [1.54, 1.807) is 6.08 Å². The van der Waals surface area contributed by atoms with Crippen LogP contribution in [0, 0.1) is 0 Å². The number of allylic oxidation sites excluding steroid dienone is 4. The summed E-state index contributed by atoms with van der Waals surface area (Å²) >= 11 is 0. The van der Waals surface area contributed by atoms with E-state index in [2.05, 4.69) is 45.5 Å². The molecule has 0 unspecified atom stereocenters. The van der Waals surface area contributed by atoms with Crippen LogP contribution in [0.4, 0.5) is 0 Å². The normalized spacial score (nSPS) is 12.6. The maximum Gasteiger partial charge on any atom is 0.0224 e. The molecule has 12 heavy (non-hydrogen) atoms. The molecular weight excluding hydrogens is 146 g/mol. The van der Waals surface area contributed by atoms with Gasteiger partial charge in [0.15, 0.2) is 0 Å². The molecule has 1 heteroatoms. The van der Waals surface area contributed by atoms with Gasteiger partial charge in [-0.1, -0.05) is 24.8 Å². The van der Waals surface area contributed by atoms with Gasteiger partial charge in [0.1, 0.15) is 0 Å². The van der Waals surface area contributed by atoms with Crippen LogP contribution in [0.3, 0.4) is 0 Å². The molecule has 0 aromatic carbocycles. The summed E-state index contributed by atoms with van der Waals surface area (Å²) in [6.45, 7) is 10.0. The van der Waals surface area contributed by atoms with Gasteiger partial charge in [-0.05, 0) is 26.3 Å². The Labute approximate surface area is 76.1 Å². The van der Waals surface area contributed by atoms with E-state index in [9.17, 15) is 0 Å². The van der Waals surface area contributed by atoms with Crippen molar-refractivity contribution in [2.45, 2.75) is 26.8 Å². The maximum absolute atomic E-state index is 3.62. The minimum atomic E-state index is 0.553. The summed E-state index contributed by atoms with van der Waals surface area (Å²) in [7, 11) is 2.08. The molecule has 0 spiro atoms. The van der Waals surface area contributed by atoms with Gasteiger partial charge in [0.25, 0.3) is 0 Å². The van der Waals surface area contributed by atoms with E-state index < -0.39 is 0 Å². The molecule has 1 nitrogen and oxygen atoms in total. The second-order valence-electron chi connectivity index (χ2n) is 3.23. The van der Waals surface area contributed by atoms with Crippen LogP contribution < -0.4 is 0 Å². The molecule has 0 aliphatic carbocycles. The number of rotatable bonds is 4. The third-order valence-electron chi connectivity index (χ3n) is 1.72. The Bertz CT molecular complexity index is 187. The Hall–Kier alpha value is -0.980. The maximum atomic E-state index is 3.62. The summed E-state index contributed by atoms with van der Waals surface area (Å²) in [6, 6.07) is 0.553. The summed E-state index contributed by atoms with van der Waals surface area (Å²) in [4.78, 5) is 2.18. The fourth-order valence-electron chi connectivity index (χ4n) is 0.733. The summed E-state index contributed by atoms with van der Waals surface area (Å²) in [6.07, 6.45) is 7.91. The van der Waals surface area contributed by atoms with Crippen LogP contribution in [-0.4, -0.2) is 18.0 Å². The largest absolute Gasteiger partial charge is 0.378 e. The van der Waals surface area contributed by atoms with Crippen LogP contribution in [0.15, 0.2) is 36.6 Å². The predicted octanol–water partition coefficient (Wildman–Crippen LogP) is 2.97. The highest BCUT2D eigenvalue weighted by atomic mass is 15.1. The molecule has 0 aromatic heterocycles. The lowest BCUT2D eigenvalue weighted by atomic mass is 10.2. The smallest absolute Gasteiger partial charge is 0.0224 e. The standard InChI is InChI=1S/C11H19N/c1-6-7-8-11(4)9-12(5)10(2)3/h6-10H,1H2,2-5H3/b8-7-,11-9-. The van der Waals surface area contributed by atoms with Gasteiger partial charge in [-0.2, -0.15) is 0 Å². The van der Waals surface area contributed by atoms with Gasteiger partial charge in [-0.25, -0.2) is 0 Å². The van der Waals surface area contributed by atoms with Crippen LogP contribution in [0.1, 0.15) is 20.8 Å². The van der Waals surface area contributed by atoms with Crippen LogP contribution >= 0.6 is 0 Å². The molecule has 0 radical (unpaired) electrons. The third-order valence-corrected chi connectivity index (χ3v) is 1.72. The Balaban J connectivity index is 4.15. The topological polar surface area (TPSA) is 3.24 Å². The third kappa shape index (κ3) is 4.78. The molecule has 0 bridgehead atoms. The van der Waals surface area contributed by atoms with Gasteiger partial charge in [0, 0.05) is 19.3 Å². The molecule has 0 saturated carbocycles. The van der Waals surface area contributed by atoms with Gasteiger partial charge in [-0.15, -0.1) is 0 Å². The van der Waals surface area contributed by atoms with E-state index in [4.69, 9.17) is 0 Å². The summed E-state index contributed by atoms with van der Waals surface area (Å²) < 4.78 is 0. The second kappa shape index (κ2) is 5.64. The van der Waals surface area contributed by atoms with Gasteiger partial charge >= 0.3 is 0 Å². The highest BCUT2D eigenvalue weighted by molar-refractivity contribution is 5.18. The van der Waals surface area contributed by atoms with Crippen LogP contribution in [0.2, 0.25) is 0 Å². The molecule has 0 rings (SSSR count). The van der Waals surface area contributed by atoms with Crippen LogP contribution in [-0.2, 0) is 0 Å². The Kier molecular flexibility index (Phi) is 5.18. The summed E-state index contributed by atoms with van der Waals surface area (Å²) in [5.74, 6) is 0. The molecule has 0 aromatic rings. The molecule has 68 valence electrons. The average molecular weight is 165 g/mol. The number of hydrogen-bond donors (Lipinski definition) is 0. The van der Waals surface area contributed by atoms with E-state index in [0.29, 0.717) is 6.04 Å². The molecule has 0 aliphatic heterocycles. The van der Waals surface area contributed by atoms with E-state index in [-0.39, 0.29) is 0 Å². The average Bonchev–Trinajstić information content (AvgIpc) is 2.00. The second-order valence-corrected chi connectivity index (χ2v) is 3.23. The molecule has 0 N–H and O–H groups in total. The first-order valence-corrected chi connectivity index (χ1v) is 4.27. The van der Waals surface area contributed by atoms with E-state index in [1.807, 2.05) is 12.2 Å². The molecule has 0 atom stereocenters. The zero-order valence-electron chi connectivity index (χ0n) is 8.54. The van der Waals surface area contributed by atoms with E-state index in [0.717, 1.165) is 0 Å². The van der Waals surface area contributed by atoms with Crippen molar-refractivity contribution in [1.82, 2.24) is 4.90 Å². The van der Waals surface area contributed by atoms with Crippen molar-refractivity contribution in [2.24, 2.45) is 0 Å². The van der Waals surface area contributed by atoms with Crippen molar-refractivity contribution in [2.75, 3.05) is 7.05 Å². The molecule has 0 saturated heterocycles. The Morgan fingerprint density at radius 3 is 2.42 bits per heavy atom. The van der Waals surface area contributed by atoms with Crippen molar-refractivity contribution in [3.63, 3.8) is 0 Å². The lowest BCUT2D eigenvalue weighted by Crippen LogP contribution is -2.20. The monoisotopic (exact) mass is 165 g/mol. The van der Waals surface area contributed by atoms with Gasteiger partial charge in [0.05, 0.1) is 0 Å². The SMILES string of the molecule is C=C/C=C\C(C)=C/N(C)C(C)C. The molecule has 0 amide bonds. The van der Waals surface area contributed by atoms with Crippen molar-refractivity contribution < 1.29 is 0 Å². The minimum Gasteiger partial charge on any atom is -0.378 e.